The molecule has 2 aromatic heterocycles. The molecule has 18 heavy (non-hydrogen) atoms. The highest BCUT2D eigenvalue weighted by Crippen LogP contribution is 2.14. The zero-order valence-corrected chi connectivity index (χ0v) is 11.8. The van der Waals surface area contributed by atoms with Crippen molar-refractivity contribution in [2.24, 2.45) is 0 Å². The number of nitrogens with one attached hydrogen (secondary N) is 1. The summed E-state index contributed by atoms with van der Waals surface area (Å²) in [5, 5.41) is 2.98. The Morgan fingerprint density at radius 3 is 2.78 bits per heavy atom. The zero-order valence-electron chi connectivity index (χ0n) is 9.45. The Hall–Kier alpha value is -1.46. The first-order valence-electron chi connectivity index (χ1n) is 5.13. The fraction of sp³-hybridized carbons (Fsp3) is 0.0833. The Kier molecular flexibility index (Phi) is 3.93. The second-order valence-electron chi connectivity index (χ2n) is 3.62. The number of halogens is 2. The van der Waals surface area contributed by atoms with Crippen LogP contribution >= 0.6 is 27.5 Å². The lowest BCUT2D eigenvalue weighted by Gasteiger charge is -2.05. The van der Waals surface area contributed by atoms with Gasteiger partial charge in [-0.05, 0) is 47.1 Å². The fourth-order valence-corrected chi connectivity index (χ4v) is 2.02. The third-order valence-corrected chi connectivity index (χ3v) is 2.78. The number of hydrogen-bond donors (Lipinski definition) is 1. The minimum atomic E-state index is -0.270. The number of aromatic nitrogens is 2. The van der Waals surface area contributed by atoms with Crippen molar-refractivity contribution < 1.29 is 4.79 Å². The zero-order chi connectivity index (χ0) is 13.1. The van der Waals surface area contributed by atoms with Crippen LogP contribution in [0.1, 0.15) is 16.1 Å². The number of carbonyl (C=O) groups is 1. The minimum absolute atomic E-state index is 0.270. The molecule has 0 saturated carbocycles. The normalized spacial score (nSPS) is 10.2. The van der Waals surface area contributed by atoms with Crippen LogP contribution < -0.4 is 5.32 Å². The summed E-state index contributed by atoms with van der Waals surface area (Å²) < 4.78 is 0.657. The van der Waals surface area contributed by atoms with Gasteiger partial charge in [0.2, 0.25) is 0 Å². The van der Waals surface area contributed by atoms with Crippen LogP contribution in [-0.2, 0) is 0 Å². The third kappa shape index (κ3) is 3.27. The predicted molar refractivity (Wildman–Crippen MR) is 73.9 cm³/mol. The summed E-state index contributed by atoms with van der Waals surface area (Å²) in [5.74, 6) is 0.202. The number of nitrogens with zero attached hydrogens (tertiary/aromatic N) is 2. The SMILES string of the molecule is Cc1cc(C(=O)Nc2cccc(Br)n2)cc(Cl)n1. The summed E-state index contributed by atoms with van der Waals surface area (Å²) >= 11 is 9.05. The van der Waals surface area contributed by atoms with Crippen LogP contribution in [0.3, 0.4) is 0 Å². The van der Waals surface area contributed by atoms with E-state index in [1.54, 1.807) is 31.2 Å². The van der Waals surface area contributed by atoms with Crippen LogP contribution in [0.2, 0.25) is 5.15 Å². The molecule has 0 aliphatic carbocycles. The van der Waals surface area contributed by atoms with Crippen LogP contribution in [0.5, 0.6) is 0 Å². The van der Waals surface area contributed by atoms with Crippen molar-refractivity contribution in [1.82, 2.24) is 9.97 Å². The molecule has 0 aliphatic heterocycles. The maximum Gasteiger partial charge on any atom is 0.256 e. The monoisotopic (exact) mass is 325 g/mol. The smallest absolute Gasteiger partial charge is 0.256 e. The van der Waals surface area contributed by atoms with Gasteiger partial charge < -0.3 is 5.32 Å². The maximum atomic E-state index is 12.0. The van der Waals surface area contributed by atoms with E-state index in [2.05, 4.69) is 31.2 Å². The van der Waals surface area contributed by atoms with Crippen LogP contribution in [0.15, 0.2) is 34.9 Å². The molecule has 2 heterocycles. The predicted octanol–water partition coefficient (Wildman–Crippen LogP) is 3.45. The first-order valence-corrected chi connectivity index (χ1v) is 6.30. The van der Waals surface area contributed by atoms with E-state index in [1.807, 2.05) is 0 Å². The van der Waals surface area contributed by atoms with Crippen LogP contribution in [0.4, 0.5) is 5.82 Å². The standard InChI is InChI=1S/C12H9BrClN3O/c1-7-5-8(6-10(14)15-7)12(18)17-11-4-2-3-9(13)16-11/h2-6H,1H3,(H,16,17,18). The van der Waals surface area contributed by atoms with Gasteiger partial charge in [0.15, 0.2) is 0 Å². The van der Waals surface area contributed by atoms with Crippen molar-refractivity contribution >= 4 is 39.3 Å². The lowest BCUT2D eigenvalue weighted by Crippen LogP contribution is -2.13. The molecule has 0 fully saturated rings. The second kappa shape index (κ2) is 5.46. The van der Waals surface area contributed by atoms with E-state index < -0.39 is 0 Å². The Bertz CT molecular complexity index is 583. The van der Waals surface area contributed by atoms with Gasteiger partial charge >= 0.3 is 0 Å². The molecule has 0 bridgehead atoms. The number of aryl methyl sites for hydroxylation is 1. The van der Waals surface area contributed by atoms with E-state index in [9.17, 15) is 4.79 Å². The third-order valence-electron chi connectivity index (χ3n) is 2.14. The first-order chi connectivity index (χ1) is 8.54. The topological polar surface area (TPSA) is 54.9 Å². The largest absolute Gasteiger partial charge is 0.307 e. The van der Waals surface area contributed by atoms with Crippen molar-refractivity contribution in [3.05, 3.63) is 51.3 Å². The van der Waals surface area contributed by atoms with Crippen LogP contribution in [0, 0.1) is 6.92 Å². The van der Waals surface area contributed by atoms with Gasteiger partial charge in [-0.25, -0.2) is 9.97 Å². The lowest BCUT2D eigenvalue weighted by atomic mass is 10.2. The van der Waals surface area contributed by atoms with E-state index in [-0.39, 0.29) is 5.91 Å². The highest BCUT2D eigenvalue weighted by molar-refractivity contribution is 9.10. The summed E-state index contributed by atoms with van der Waals surface area (Å²) in [5.41, 5.74) is 1.14. The van der Waals surface area contributed by atoms with Gasteiger partial charge in [-0.15, -0.1) is 0 Å². The highest BCUT2D eigenvalue weighted by Gasteiger charge is 2.09. The van der Waals surface area contributed by atoms with Crippen LogP contribution in [-0.4, -0.2) is 15.9 Å². The molecular weight excluding hydrogens is 318 g/mol. The number of rotatable bonds is 2. The molecule has 1 amide bonds. The van der Waals surface area contributed by atoms with Crippen molar-refractivity contribution in [2.75, 3.05) is 5.32 Å². The van der Waals surface area contributed by atoms with Gasteiger partial charge in [0.1, 0.15) is 15.6 Å². The van der Waals surface area contributed by atoms with Gasteiger partial charge in [-0.1, -0.05) is 17.7 Å². The average Bonchev–Trinajstić information content (AvgIpc) is 2.27. The highest BCUT2D eigenvalue weighted by atomic mass is 79.9. The molecule has 1 N–H and O–H groups in total. The molecule has 2 rings (SSSR count). The summed E-state index contributed by atoms with van der Waals surface area (Å²) in [6.45, 7) is 1.78. The number of carbonyl (C=O) groups excluding carboxylic acids is 1. The summed E-state index contributed by atoms with van der Waals surface area (Å²) in [6, 6.07) is 8.46. The fourth-order valence-electron chi connectivity index (χ4n) is 1.43. The van der Waals surface area contributed by atoms with E-state index in [1.165, 1.54) is 6.07 Å². The van der Waals surface area contributed by atoms with E-state index in [0.29, 0.717) is 26.8 Å². The number of amides is 1. The first kappa shape index (κ1) is 13.0. The molecule has 0 saturated heterocycles. The quantitative estimate of drug-likeness (QED) is 0.860. The van der Waals surface area contributed by atoms with Gasteiger partial charge in [-0.3, -0.25) is 4.79 Å². The molecule has 0 atom stereocenters. The van der Waals surface area contributed by atoms with E-state index in [0.717, 1.165) is 0 Å². The Morgan fingerprint density at radius 1 is 1.33 bits per heavy atom. The van der Waals surface area contributed by atoms with Crippen LogP contribution in [0.25, 0.3) is 0 Å². The molecule has 0 aliphatic rings. The molecule has 0 aromatic carbocycles. The Balaban J connectivity index is 2.22. The molecule has 2 aromatic rings. The van der Waals surface area contributed by atoms with Gasteiger partial charge in [0, 0.05) is 11.3 Å². The average molecular weight is 327 g/mol. The number of pyridine rings is 2. The Morgan fingerprint density at radius 2 is 2.11 bits per heavy atom. The lowest BCUT2D eigenvalue weighted by molar-refractivity contribution is 0.102. The second-order valence-corrected chi connectivity index (χ2v) is 4.82. The molecule has 4 nitrogen and oxygen atoms in total. The minimum Gasteiger partial charge on any atom is -0.307 e. The van der Waals surface area contributed by atoms with Gasteiger partial charge in [-0.2, -0.15) is 0 Å². The van der Waals surface area contributed by atoms with Crippen molar-refractivity contribution in [2.45, 2.75) is 6.92 Å². The number of hydrogen-bond acceptors (Lipinski definition) is 3. The molecular formula is C12H9BrClN3O. The van der Waals surface area contributed by atoms with Crippen molar-refractivity contribution in [3.63, 3.8) is 0 Å². The van der Waals surface area contributed by atoms with E-state index >= 15 is 0 Å². The van der Waals surface area contributed by atoms with Crippen molar-refractivity contribution in [1.29, 1.82) is 0 Å². The molecule has 6 heteroatoms. The van der Waals surface area contributed by atoms with Gasteiger partial charge in [0.25, 0.3) is 5.91 Å². The molecule has 0 radical (unpaired) electrons. The number of anilines is 1. The molecule has 92 valence electrons. The van der Waals surface area contributed by atoms with E-state index in [4.69, 9.17) is 11.6 Å². The Labute approximate surface area is 118 Å². The summed E-state index contributed by atoms with van der Waals surface area (Å²) in [4.78, 5) is 20.1. The molecule has 0 spiro atoms. The van der Waals surface area contributed by atoms with Crippen molar-refractivity contribution in [3.8, 4) is 0 Å². The summed E-state index contributed by atoms with van der Waals surface area (Å²) in [6.07, 6.45) is 0. The van der Waals surface area contributed by atoms with Gasteiger partial charge in [0.05, 0.1) is 0 Å². The summed E-state index contributed by atoms with van der Waals surface area (Å²) in [7, 11) is 0. The maximum absolute atomic E-state index is 12.0. The molecule has 0 unspecified atom stereocenters.